The molecule has 0 aliphatic heterocycles. The van der Waals surface area contributed by atoms with Gasteiger partial charge >= 0.3 is 0 Å². The number of nitrogens with one attached hydrogen (secondary N) is 2. The van der Waals surface area contributed by atoms with Gasteiger partial charge in [0.1, 0.15) is 0 Å². The Morgan fingerprint density at radius 2 is 1.90 bits per heavy atom. The molecule has 0 saturated heterocycles. The van der Waals surface area contributed by atoms with E-state index in [1.165, 1.54) is 0 Å². The van der Waals surface area contributed by atoms with Crippen molar-refractivity contribution in [2.45, 2.75) is 45.6 Å². The molecule has 0 fully saturated rings. The summed E-state index contributed by atoms with van der Waals surface area (Å²) in [6, 6.07) is 7.09. The SMILES string of the molecule is CCCNCc1cccc(S(=O)(=O)NCC(C)(C)C)c1. The van der Waals surface area contributed by atoms with Crippen molar-refractivity contribution in [1.82, 2.24) is 10.0 Å². The van der Waals surface area contributed by atoms with E-state index in [0.29, 0.717) is 18.0 Å². The Hall–Kier alpha value is -0.910. The Balaban J connectivity index is 2.77. The van der Waals surface area contributed by atoms with E-state index in [-0.39, 0.29) is 5.41 Å². The Labute approximate surface area is 123 Å². The van der Waals surface area contributed by atoms with Gasteiger partial charge in [0.05, 0.1) is 4.90 Å². The monoisotopic (exact) mass is 298 g/mol. The lowest BCUT2D eigenvalue weighted by Gasteiger charge is -2.19. The van der Waals surface area contributed by atoms with Crippen LogP contribution in [0.2, 0.25) is 0 Å². The van der Waals surface area contributed by atoms with Crippen LogP contribution >= 0.6 is 0 Å². The average molecular weight is 298 g/mol. The quantitative estimate of drug-likeness (QED) is 0.761. The van der Waals surface area contributed by atoms with E-state index in [9.17, 15) is 8.42 Å². The van der Waals surface area contributed by atoms with Crippen LogP contribution in [-0.4, -0.2) is 21.5 Å². The normalized spacial score (nSPS) is 12.6. The van der Waals surface area contributed by atoms with Gasteiger partial charge in [0, 0.05) is 13.1 Å². The number of hydrogen-bond acceptors (Lipinski definition) is 3. The number of sulfonamides is 1. The average Bonchev–Trinajstić information content (AvgIpc) is 2.37. The van der Waals surface area contributed by atoms with E-state index in [4.69, 9.17) is 0 Å². The van der Waals surface area contributed by atoms with Gasteiger partial charge in [-0.05, 0) is 36.1 Å². The van der Waals surface area contributed by atoms with E-state index >= 15 is 0 Å². The third-order valence-electron chi connectivity index (χ3n) is 2.76. The van der Waals surface area contributed by atoms with E-state index in [2.05, 4.69) is 17.0 Å². The van der Waals surface area contributed by atoms with Crippen LogP contribution in [0.25, 0.3) is 0 Å². The zero-order valence-corrected chi connectivity index (χ0v) is 13.7. The smallest absolute Gasteiger partial charge is 0.240 e. The van der Waals surface area contributed by atoms with Gasteiger partial charge in [-0.1, -0.05) is 39.8 Å². The van der Waals surface area contributed by atoms with Crippen LogP contribution < -0.4 is 10.0 Å². The van der Waals surface area contributed by atoms with E-state index in [1.807, 2.05) is 26.8 Å². The van der Waals surface area contributed by atoms with Gasteiger partial charge in [-0.3, -0.25) is 0 Å². The minimum atomic E-state index is -3.42. The van der Waals surface area contributed by atoms with Gasteiger partial charge in [0.2, 0.25) is 10.0 Å². The summed E-state index contributed by atoms with van der Waals surface area (Å²) >= 11 is 0. The summed E-state index contributed by atoms with van der Waals surface area (Å²) in [5.41, 5.74) is 0.907. The van der Waals surface area contributed by atoms with Crippen molar-refractivity contribution < 1.29 is 8.42 Å². The van der Waals surface area contributed by atoms with Crippen LogP contribution in [0.4, 0.5) is 0 Å². The maximum Gasteiger partial charge on any atom is 0.240 e. The third-order valence-corrected chi connectivity index (χ3v) is 4.16. The molecule has 4 nitrogen and oxygen atoms in total. The molecule has 1 aromatic rings. The topological polar surface area (TPSA) is 58.2 Å². The second kappa shape index (κ2) is 7.20. The lowest BCUT2D eigenvalue weighted by atomic mass is 9.98. The summed E-state index contributed by atoms with van der Waals surface area (Å²) in [4.78, 5) is 0.331. The molecule has 0 unspecified atom stereocenters. The highest BCUT2D eigenvalue weighted by atomic mass is 32.2. The zero-order chi connectivity index (χ0) is 15.2. The molecule has 20 heavy (non-hydrogen) atoms. The number of rotatable bonds is 7. The zero-order valence-electron chi connectivity index (χ0n) is 12.9. The van der Waals surface area contributed by atoms with Crippen molar-refractivity contribution >= 4 is 10.0 Å². The minimum Gasteiger partial charge on any atom is -0.313 e. The van der Waals surface area contributed by atoms with Crippen LogP contribution in [-0.2, 0) is 16.6 Å². The largest absolute Gasteiger partial charge is 0.313 e. The highest BCUT2D eigenvalue weighted by Gasteiger charge is 2.18. The Morgan fingerprint density at radius 3 is 2.50 bits per heavy atom. The van der Waals surface area contributed by atoms with Crippen molar-refractivity contribution in [3.63, 3.8) is 0 Å². The van der Waals surface area contributed by atoms with Crippen LogP contribution in [0, 0.1) is 5.41 Å². The van der Waals surface area contributed by atoms with Crippen LogP contribution in [0.5, 0.6) is 0 Å². The fourth-order valence-electron chi connectivity index (χ4n) is 1.63. The molecule has 0 aromatic heterocycles. The van der Waals surface area contributed by atoms with E-state index in [0.717, 1.165) is 18.5 Å². The third kappa shape index (κ3) is 6.03. The first-order valence-corrected chi connectivity index (χ1v) is 8.52. The molecule has 1 aromatic carbocycles. The minimum absolute atomic E-state index is 0.0760. The first kappa shape index (κ1) is 17.1. The first-order valence-electron chi connectivity index (χ1n) is 7.04. The maximum atomic E-state index is 12.2. The molecular weight excluding hydrogens is 272 g/mol. The Bertz CT molecular complexity index is 519. The fourth-order valence-corrected chi connectivity index (χ4v) is 2.98. The van der Waals surface area contributed by atoms with Crippen molar-refractivity contribution in [2.75, 3.05) is 13.1 Å². The van der Waals surface area contributed by atoms with Crippen LogP contribution in [0.3, 0.4) is 0 Å². The molecule has 0 amide bonds. The molecule has 2 N–H and O–H groups in total. The molecule has 0 heterocycles. The maximum absolute atomic E-state index is 12.2. The standard InChI is InChI=1S/C15H26N2O2S/c1-5-9-16-11-13-7-6-8-14(10-13)20(18,19)17-12-15(2,3)4/h6-8,10,16-17H,5,9,11-12H2,1-4H3. The molecule has 0 saturated carbocycles. The lowest BCUT2D eigenvalue weighted by Crippen LogP contribution is -2.32. The van der Waals surface area contributed by atoms with Gasteiger partial charge in [0.25, 0.3) is 0 Å². The molecule has 5 heteroatoms. The summed E-state index contributed by atoms with van der Waals surface area (Å²) in [5, 5.41) is 3.27. The number of hydrogen-bond donors (Lipinski definition) is 2. The fraction of sp³-hybridized carbons (Fsp3) is 0.600. The van der Waals surface area contributed by atoms with Gasteiger partial charge in [-0.25, -0.2) is 13.1 Å². The molecule has 0 atom stereocenters. The van der Waals surface area contributed by atoms with E-state index in [1.54, 1.807) is 18.2 Å². The first-order chi connectivity index (χ1) is 9.24. The van der Waals surface area contributed by atoms with Gasteiger partial charge in [-0.2, -0.15) is 0 Å². The highest BCUT2D eigenvalue weighted by Crippen LogP contribution is 2.15. The molecule has 0 radical (unpaired) electrons. The summed E-state index contributed by atoms with van der Waals surface area (Å²) in [6.45, 7) is 10.1. The summed E-state index contributed by atoms with van der Waals surface area (Å²) in [7, 11) is -3.42. The van der Waals surface area contributed by atoms with Crippen molar-refractivity contribution in [2.24, 2.45) is 5.41 Å². The second-order valence-electron chi connectivity index (χ2n) is 6.21. The molecule has 0 aliphatic rings. The van der Waals surface area contributed by atoms with Gasteiger partial charge in [0.15, 0.2) is 0 Å². The highest BCUT2D eigenvalue weighted by molar-refractivity contribution is 7.89. The predicted molar refractivity (Wildman–Crippen MR) is 83.1 cm³/mol. The summed E-state index contributed by atoms with van der Waals surface area (Å²) < 4.78 is 27.1. The van der Waals surface area contributed by atoms with E-state index < -0.39 is 10.0 Å². The predicted octanol–water partition coefficient (Wildman–Crippen LogP) is 2.51. The summed E-state index contributed by atoms with van der Waals surface area (Å²) in [5.74, 6) is 0. The van der Waals surface area contributed by atoms with Crippen molar-refractivity contribution in [3.8, 4) is 0 Å². The molecule has 0 bridgehead atoms. The molecular formula is C15H26N2O2S. The molecule has 0 spiro atoms. The van der Waals surface area contributed by atoms with Crippen molar-refractivity contribution in [1.29, 1.82) is 0 Å². The number of benzene rings is 1. The Morgan fingerprint density at radius 1 is 1.20 bits per heavy atom. The summed E-state index contributed by atoms with van der Waals surface area (Å²) in [6.07, 6.45) is 1.06. The van der Waals surface area contributed by atoms with Gasteiger partial charge in [-0.15, -0.1) is 0 Å². The second-order valence-corrected chi connectivity index (χ2v) is 7.98. The van der Waals surface area contributed by atoms with Crippen LogP contribution in [0.1, 0.15) is 39.7 Å². The van der Waals surface area contributed by atoms with Gasteiger partial charge < -0.3 is 5.32 Å². The Kier molecular flexibility index (Phi) is 6.17. The van der Waals surface area contributed by atoms with Crippen molar-refractivity contribution in [3.05, 3.63) is 29.8 Å². The molecule has 0 aliphatic carbocycles. The molecule has 1 rings (SSSR count). The molecule has 114 valence electrons. The van der Waals surface area contributed by atoms with Crippen LogP contribution in [0.15, 0.2) is 29.2 Å². The lowest BCUT2D eigenvalue weighted by molar-refractivity contribution is 0.407.